The molecule has 10 heteroatoms. The number of nitrogens with zero attached hydrogens (tertiary/aromatic N) is 3. The maximum atomic E-state index is 12.4. The maximum Gasteiger partial charge on any atom is 0.251 e. The standard InChI is InChI=1S/C20H28N6O2.2ClH/c27-19(5-11-26-14-9-22-16-26)24-18-4-1-3-17(15-18)20(28)23-6-2-10-25-12-7-21-8-13-25;;/h1,3-4,9,14-16,21H,2,5-8,10-13H2,(H,23,28)(H,24,27);2*1H. The molecule has 1 saturated heterocycles. The zero-order valence-corrected chi connectivity index (χ0v) is 18.5. The average Bonchev–Trinajstić information content (AvgIpc) is 3.24. The van der Waals surface area contributed by atoms with Gasteiger partial charge in [-0.3, -0.25) is 9.59 Å². The Balaban J connectivity index is 0.00000225. The van der Waals surface area contributed by atoms with E-state index in [-0.39, 0.29) is 36.6 Å². The van der Waals surface area contributed by atoms with Crippen LogP contribution in [0.2, 0.25) is 0 Å². The van der Waals surface area contributed by atoms with E-state index in [2.05, 4.69) is 25.8 Å². The average molecular weight is 457 g/mol. The molecule has 0 spiro atoms. The van der Waals surface area contributed by atoms with Crippen molar-refractivity contribution in [3.63, 3.8) is 0 Å². The van der Waals surface area contributed by atoms with Crippen LogP contribution in [0.15, 0.2) is 43.0 Å². The molecule has 1 fully saturated rings. The Hall–Kier alpha value is -2.13. The van der Waals surface area contributed by atoms with Crippen LogP contribution in [0.25, 0.3) is 0 Å². The number of aromatic nitrogens is 2. The molecule has 8 nitrogen and oxygen atoms in total. The van der Waals surface area contributed by atoms with Crippen LogP contribution in [0.5, 0.6) is 0 Å². The van der Waals surface area contributed by atoms with E-state index in [9.17, 15) is 9.59 Å². The number of halogens is 2. The van der Waals surface area contributed by atoms with Crippen molar-refractivity contribution in [3.05, 3.63) is 48.5 Å². The van der Waals surface area contributed by atoms with Crippen molar-refractivity contribution in [2.75, 3.05) is 44.6 Å². The summed E-state index contributed by atoms with van der Waals surface area (Å²) < 4.78 is 1.85. The van der Waals surface area contributed by atoms with Crippen molar-refractivity contribution >= 4 is 42.3 Å². The Morgan fingerprint density at radius 2 is 1.93 bits per heavy atom. The number of rotatable bonds is 9. The Bertz CT molecular complexity index is 766. The van der Waals surface area contributed by atoms with E-state index in [0.717, 1.165) is 39.1 Å². The minimum absolute atomic E-state index is 0. The van der Waals surface area contributed by atoms with Gasteiger partial charge in [0.25, 0.3) is 5.91 Å². The van der Waals surface area contributed by atoms with Crippen molar-refractivity contribution in [1.29, 1.82) is 0 Å². The molecule has 1 aromatic heterocycles. The molecule has 0 unspecified atom stereocenters. The number of hydrogen-bond donors (Lipinski definition) is 3. The third kappa shape index (κ3) is 8.71. The number of hydrogen-bond acceptors (Lipinski definition) is 5. The normalized spacial score (nSPS) is 13.6. The molecule has 3 rings (SSSR count). The van der Waals surface area contributed by atoms with Crippen LogP contribution in [0.3, 0.4) is 0 Å². The second kappa shape index (κ2) is 14.0. The van der Waals surface area contributed by atoms with Crippen LogP contribution in [0, 0.1) is 0 Å². The van der Waals surface area contributed by atoms with E-state index in [4.69, 9.17) is 0 Å². The molecule has 2 aromatic rings. The van der Waals surface area contributed by atoms with Gasteiger partial charge in [0.15, 0.2) is 0 Å². The first-order chi connectivity index (χ1) is 13.7. The summed E-state index contributed by atoms with van der Waals surface area (Å²) in [5, 5.41) is 9.14. The topological polar surface area (TPSA) is 91.3 Å². The van der Waals surface area contributed by atoms with Gasteiger partial charge in [-0.2, -0.15) is 0 Å². The minimum Gasteiger partial charge on any atom is -0.352 e. The molecule has 1 aliphatic heterocycles. The fourth-order valence-corrected chi connectivity index (χ4v) is 3.15. The van der Waals surface area contributed by atoms with Crippen LogP contribution >= 0.6 is 24.8 Å². The first kappa shape index (κ1) is 25.9. The number of benzene rings is 1. The maximum absolute atomic E-state index is 12.4. The predicted molar refractivity (Wildman–Crippen MR) is 123 cm³/mol. The number of imidazole rings is 1. The van der Waals surface area contributed by atoms with Gasteiger partial charge in [0, 0.05) is 69.3 Å². The highest BCUT2D eigenvalue weighted by Gasteiger charge is 2.10. The molecular weight excluding hydrogens is 427 g/mol. The molecule has 0 radical (unpaired) electrons. The number of piperazine rings is 1. The number of carbonyl (C=O) groups excluding carboxylic acids is 2. The van der Waals surface area contributed by atoms with Crippen molar-refractivity contribution in [2.24, 2.45) is 0 Å². The van der Waals surface area contributed by atoms with E-state index in [0.29, 0.717) is 30.8 Å². The Morgan fingerprint density at radius 3 is 2.67 bits per heavy atom. The predicted octanol–water partition coefficient (Wildman–Crippen LogP) is 1.78. The summed E-state index contributed by atoms with van der Waals surface area (Å²) in [6, 6.07) is 7.03. The van der Waals surface area contributed by atoms with E-state index in [1.54, 1.807) is 36.8 Å². The molecule has 0 aliphatic carbocycles. The highest BCUT2D eigenvalue weighted by Crippen LogP contribution is 2.11. The molecule has 2 heterocycles. The molecule has 2 amide bonds. The lowest BCUT2D eigenvalue weighted by molar-refractivity contribution is -0.116. The van der Waals surface area contributed by atoms with E-state index in [1.165, 1.54) is 0 Å². The number of amides is 2. The lowest BCUT2D eigenvalue weighted by atomic mass is 10.2. The molecule has 0 atom stereocenters. The Kier molecular flexibility index (Phi) is 12.1. The third-order valence-corrected chi connectivity index (χ3v) is 4.71. The Morgan fingerprint density at radius 1 is 1.13 bits per heavy atom. The smallest absolute Gasteiger partial charge is 0.251 e. The number of aryl methyl sites for hydroxylation is 1. The van der Waals surface area contributed by atoms with Gasteiger partial charge >= 0.3 is 0 Å². The lowest BCUT2D eigenvalue weighted by Gasteiger charge is -2.27. The molecule has 3 N–H and O–H groups in total. The largest absolute Gasteiger partial charge is 0.352 e. The van der Waals surface area contributed by atoms with Gasteiger partial charge in [0.05, 0.1) is 6.33 Å². The summed E-state index contributed by atoms with van der Waals surface area (Å²) in [6.45, 7) is 6.41. The monoisotopic (exact) mass is 456 g/mol. The van der Waals surface area contributed by atoms with Crippen LogP contribution < -0.4 is 16.0 Å². The first-order valence-corrected chi connectivity index (χ1v) is 9.77. The van der Waals surface area contributed by atoms with Gasteiger partial charge in [-0.1, -0.05) is 6.07 Å². The van der Waals surface area contributed by atoms with Crippen molar-refractivity contribution in [2.45, 2.75) is 19.4 Å². The summed E-state index contributed by atoms with van der Waals surface area (Å²) in [4.78, 5) is 30.8. The van der Waals surface area contributed by atoms with E-state index >= 15 is 0 Å². The van der Waals surface area contributed by atoms with Crippen molar-refractivity contribution < 1.29 is 9.59 Å². The Labute approximate surface area is 189 Å². The summed E-state index contributed by atoms with van der Waals surface area (Å²) in [5.41, 5.74) is 1.18. The van der Waals surface area contributed by atoms with Gasteiger partial charge in [0.1, 0.15) is 0 Å². The summed E-state index contributed by atoms with van der Waals surface area (Å²) in [7, 11) is 0. The quantitative estimate of drug-likeness (QED) is 0.500. The number of anilines is 1. The van der Waals surface area contributed by atoms with Gasteiger partial charge in [-0.15, -0.1) is 24.8 Å². The van der Waals surface area contributed by atoms with Crippen LogP contribution in [-0.4, -0.2) is 65.5 Å². The van der Waals surface area contributed by atoms with Crippen molar-refractivity contribution in [3.8, 4) is 0 Å². The molecule has 0 saturated carbocycles. The first-order valence-electron chi connectivity index (χ1n) is 9.77. The van der Waals surface area contributed by atoms with E-state index < -0.39 is 0 Å². The second-order valence-electron chi connectivity index (χ2n) is 6.88. The van der Waals surface area contributed by atoms with Gasteiger partial charge in [0.2, 0.25) is 5.91 Å². The van der Waals surface area contributed by atoms with Gasteiger partial charge in [-0.25, -0.2) is 4.98 Å². The molecular formula is C20H30Cl2N6O2. The molecule has 30 heavy (non-hydrogen) atoms. The molecule has 166 valence electrons. The van der Waals surface area contributed by atoms with Crippen LogP contribution in [-0.2, 0) is 11.3 Å². The van der Waals surface area contributed by atoms with Crippen LogP contribution in [0.4, 0.5) is 5.69 Å². The second-order valence-corrected chi connectivity index (χ2v) is 6.88. The fourth-order valence-electron chi connectivity index (χ4n) is 3.15. The van der Waals surface area contributed by atoms with Gasteiger partial charge in [-0.05, 0) is 31.2 Å². The highest BCUT2D eigenvalue weighted by molar-refractivity contribution is 5.97. The summed E-state index contributed by atoms with van der Waals surface area (Å²) in [5.74, 6) is -0.211. The molecule has 0 bridgehead atoms. The summed E-state index contributed by atoms with van der Waals surface area (Å²) in [6.07, 6.45) is 6.46. The number of nitrogens with one attached hydrogen (secondary N) is 3. The lowest BCUT2D eigenvalue weighted by Crippen LogP contribution is -2.44. The zero-order valence-electron chi connectivity index (χ0n) is 16.9. The number of carbonyl (C=O) groups is 2. The molecule has 1 aromatic carbocycles. The van der Waals surface area contributed by atoms with Gasteiger partial charge < -0.3 is 25.4 Å². The minimum atomic E-state index is -0.116. The van der Waals surface area contributed by atoms with Crippen molar-refractivity contribution in [1.82, 2.24) is 25.1 Å². The van der Waals surface area contributed by atoms with Crippen LogP contribution in [0.1, 0.15) is 23.2 Å². The fraction of sp³-hybridized carbons (Fsp3) is 0.450. The third-order valence-electron chi connectivity index (χ3n) is 4.71. The zero-order chi connectivity index (χ0) is 19.6. The SMILES string of the molecule is Cl.Cl.O=C(CCn1ccnc1)Nc1cccc(C(=O)NCCCN2CCNCC2)c1. The highest BCUT2D eigenvalue weighted by atomic mass is 35.5. The van der Waals surface area contributed by atoms with E-state index in [1.807, 2.05) is 10.8 Å². The molecule has 1 aliphatic rings. The summed E-state index contributed by atoms with van der Waals surface area (Å²) >= 11 is 0.